The fraction of sp³-hybridized carbons (Fsp3) is 0.500. The average Bonchev–Trinajstić information content (AvgIpc) is 2.60. The molecular weight excluding hydrogens is 457 g/mol. The number of hydrogen-bond donors (Lipinski definition) is 0. The fourth-order valence-electron chi connectivity index (χ4n) is 2.76. The van der Waals surface area contributed by atoms with Crippen LogP contribution in [0.5, 0.6) is 0 Å². The summed E-state index contributed by atoms with van der Waals surface area (Å²) in [4.78, 5) is 0. The van der Waals surface area contributed by atoms with E-state index in [9.17, 15) is 0 Å². The molecule has 1 aliphatic heterocycles. The minimum absolute atomic E-state index is 1.48. The van der Waals surface area contributed by atoms with Crippen LogP contribution < -0.4 is 0 Å². The van der Waals surface area contributed by atoms with E-state index >= 15 is 0 Å². The van der Waals surface area contributed by atoms with E-state index in [1.165, 1.54) is 0 Å². The standard InChI is InChI=1S/C24H46Si6/c1-25(2)13-15-26(3,4)17-19-28(7,8)21-23-30(11,12)24-22-29(9,10)20-18-27(5,6)16-14-25/h13-21,23H,1-12H3/b15-13-,16-14-,19-17-,20-18-,23-21-. The third-order valence-electron chi connectivity index (χ3n) is 5.39. The molecule has 6 heteroatoms. The van der Waals surface area contributed by atoms with Crippen molar-refractivity contribution in [3.8, 4) is 11.1 Å². The van der Waals surface area contributed by atoms with Gasteiger partial charge in [0.25, 0.3) is 0 Å². The van der Waals surface area contributed by atoms with Gasteiger partial charge in [0, 0.05) is 0 Å². The quantitative estimate of drug-likeness (QED) is 0.237. The zero-order valence-electron chi connectivity index (χ0n) is 21.8. The first-order valence-corrected chi connectivity index (χ1v) is 30.1. The van der Waals surface area contributed by atoms with Gasteiger partial charge in [-0.1, -0.05) is 136 Å². The Hall–Kier alpha value is -0.439. The smallest absolute Gasteiger partial charge is 0.133 e. The molecule has 0 aromatic carbocycles. The lowest BCUT2D eigenvalue weighted by molar-refractivity contribution is 1.76. The van der Waals surface area contributed by atoms with Gasteiger partial charge < -0.3 is 0 Å². The van der Waals surface area contributed by atoms with E-state index in [-0.39, 0.29) is 0 Å². The highest BCUT2D eigenvalue weighted by Crippen LogP contribution is 2.18. The van der Waals surface area contributed by atoms with Gasteiger partial charge in [-0.25, -0.2) is 0 Å². The van der Waals surface area contributed by atoms with Gasteiger partial charge in [-0.05, 0) is 0 Å². The monoisotopic (exact) mass is 502 g/mol. The molecule has 0 aliphatic carbocycles. The highest BCUT2D eigenvalue weighted by molar-refractivity contribution is 6.98. The minimum Gasteiger partial charge on any atom is -0.133 e. The highest BCUT2D eigenvalue weighted by Gasteiger charge is 2.24. The van der Waals surface area contributed by atoms with E-state index in [0.717, 1.165) is 0 Å². The van der Waals surface area contributed by atoms with Crippen molar-refractivity contribution in [3.63, 3.8) is 0 Å². The lowest BCUT2D eigenvalue weighted by atomic mass is 11.2. The van der Waals surface area contributed by atoms with Crippen LogP contribution in [0.15, 0.2) is 57.0 Å². The van der Waals surface area contributed by atoms with Gasteiger partial charge >= 0.3 is 0 Å². The third kappa shape index (κ3) is 11.3. The molecular formula is C24H46Si6. The van der Waals surface area contributed by atoms with Gasteiger partial charge in [0.15, 0.2) is 16.1 Å². The summed E-state index contributed by atoms with van der Waals surface area (Å²) in [7, 11) is -9.24. The molecule has 0 amide bonds. The van der Waals surface area contributed by atoms with E-state index in [1.807, 2.05) is 0 Å². The lowest BCUT2D eigenvalue weighted by Gasteiger charge is -2.22. The van der Waals surface area contributed by atoms with Gasteiger partial charge in [0.05, 0.1) is 32.3 Å². The van der Waals surface area contributed by atoms with E-state index in [2.05, 4.69) is 147 Å². The molecule has 0 N–H and O–H groups in total. The van der Waals surface area contributed by atoms with E-state index in [1.54, 1.807) is 0 Å². The minimum atomic E-state index is -1.64. The zero-order chi connectivity index (χ0) is 23.5. The van der Waals surface area contributed by atoms with Crippen molar-refractivity contribution in [2.75, 3.05) is 0 Å². The first-order valence-electron chi connectivity index (χ1n) is 11.3. The third-order valence-corrected chi connectivity index (χ3v) is 19.1. The Morgan fingerprint density at radius 2 is 0.467 bits per heavy atom. The maximum atomic E-state index is 3.76. The largest absolute Gasteiger partial charge is 0.154 e. The molecule has 0 saturated carbocycles. The molecule has 0 aromatic heterocycles. The molecule has 166 valence electrons. The second-order valence-corrected chi connectivity index (χ2v) is 37.9. The molecule has 0 saturated heterocycles. The molecule has 1 heterocycles. The normalized spacial score (nSPS) is 31.6. The SMILES string of the molecule is C[Si]1(C)C#C[Si](C)(C)/C=C\[Si](C)(C)/C=C\[Si](C)(C)/C=C\[Si](C)(C)/C=C\[Si](C)(C)/C=C\1. The van der Waals surface area contributed by atoms with Crippen molar-refractivity contribution < 1.29 is 0 Å². The van der Waals surface area contributed by atoms with Crippen LogP contribution in [0.1, 0.15) is 0 Å². The Bertz CT molecular complexity index is 755. The molecule has 0 bridgehead atoms. The molecule has 1 aliphatic rings. The average molecular weight is 503 g/mol. The summed E-state index contributed by atoms with van der Waals surface area (Å²) in [6.07, 6.45) is 0. The fourth-order valence-corrected chi connectivity index (χ4v) is 23.0. The van der Waals surface area contributed by atoms with Gasteiger partial charge in [-0.2, -0.15) is 0 Å². The maximum Gasteiger partial charge on any atom is 0.154 e. The second-order valence-electron chi connectivity index (χ2n) is 12.6. The van der Waals surface area contributed by atoms with Gasteiger partial charge in [-0.3, -0.25) is 0 Å². The summed E-state index contributed by atoms with van der Waals surface area (Å²) >= 11 is 0. The lowest BCUT2D eigenvalue weighted by Crippen LogP contribution is -2.31. The van der Waals surface area contributed by atoms with Crippen LogP contribution in [0.2, 0.25) is 78.6 Å². The predicted molar refractivity (Wildman–Crippen MR) is 158 cm³/mol. The predicted octanol–water partition coefficient (Wildman–Crippen LogP) is 7.51. The first-order chi connectivity index (χ1) is 13.2. The molecule has 0 radical (unpaired) electrons. The van der Waals surface area contributed by atoms with Crippen LogP contribution >= 0.6 is 0 Å². The van der Waals surface area contributed by atoms with Crippen LogP contribution in [-0.2, 0) is 0 Å². The summed E-state index contributed by atoms with van der Waals surface area (Å²) in [5.41, 5.74) is 33.1. The van der Waals surface area contributed by atoms with Crippen molar-refractivity contribution >= 4 is 48.4 Å². The summed E-state index contributed by atoms with van der Waals surface area (Å²) < 4.78 is 0. The van der Waals surface area contributed by atoms with Crippen LogP contribution in [-0.4, -0.2) is 48.4 Å². The molecule has 0 nitrogen and oxygen atoms in total. The van der Waals surface area contributed by atoms with Crippen molar-refractivity contribution in [3.05, 3.63) is 57.0 Å². The topological polar surface area (TPSA) is 0 Å². The summed E-state index contributed by atoms with van der Waals surface area (Å²) in [6, 6.07) is 0. The number of hydrogen-bond acceptors (Lipinski definition) is 0. The van der Waals surface area contributed by atoms with Crippen LogP contribution in [0.3, 0.4) is 0 Å². The summed E-state index contributed by atoms with van der Waals surface area (Å²) in [5.74, 6) is 0. The molecule has 0 fully saturated rings. The van der Waals surface area contributed by atoms with E-state index in [0.29, 0.717) is 0 Å². The molecule has 0 spiro atoms. The summed E-state index contributed by atoms with van der Waals surface area (Å²) in [5, 5.41) is 0. The van der Waals surface area contributed by atoms with Crippen molar-refractivity contribution in [2.24, 2.45) is 0 Å². The van der Waals surface area contributed by atoms with Gasteiger partial charge in [0.2, 0.25) is 0 Å². The molecule has 0 atom stereocenters. The van der Waals surface area contributed by atoms with Crippen LogP contribution in [0.4, 0.5) is 0 Å². The van der Waals surface area contributed by atoms with Crippen molar-refractivity contribution in [1.82, 2.24) is 0 Å². The van der Waals surface area contributed by atoms with Crippen molar-refractivity contribution in [2.45, 2.75) is 78.6 Å². The zero-order valence-corrected chi connectivity index (χ0v) is 27.8. The Labute approximate surface area is 194 Å². The molecule has 0 unspecified atom stereocenters. The van der Waals surface area contributed by atoms with Crippen molar-refractivity contribution in [1.29, 1.82) is 0 Å². The Morgan fingerprint density at radius 3 is 0.667 bits per heavy atom. The molecule has 1 rings (SSSR count). The second kappa shape index (κ2) is 9.59. The van der Waals surface area contributed by atoms with Gasteiger partial charge in [-0.15, -0.1) is 11.1 Å². The first kappa shape index (κ1) is 27.6. The Morgan fingerprint density at radius 1 is 0.300 bits per heavy atom. The van der Waals surface area contributed by atoms with Crippen LogP contribution in [0, 0.1) is 11.1 Å². The van der Waals surface area contributed by atoms with E-state index in [4.69, 9.17) is 0 Å². The Kier molecular flexibility index (Phi) is 8.82. The maximum absolute atomic E-state index is 3.76. The highest BCUT2D eigenvalue weighted by atomic mass is 28.3. The summed E-state index contributed by atoms with van der Waals surface area (Å²) in [6.45, 7) is 29.3. The van der Waals surface area contributed by atoms with Gasteiger partial charge in [0.1, 0.15) is 0 Å². The van der Waals surface area contributed by atoms with E-state index < -0.39 is 48.4 Å². The molecule has 30 heavy (non-hydrogen) atoms. The molecule has 0 aromatic rings. The Balaban J connectivity index is 3.51. The van der Waals surface area contributed by atoms with Crippen LogP contribution in [0.25, 0.3) is 0 Å². The number of rotatable bonds is 0.